The number of rotatable bonds is 8. The first-order valence-corrected chi connectivity index (χ1v) is 8.99. The smallest absolute Gasteiger partial charge is 0.220 e. The summed E-state index contributed by atoms with van der Waals surface area (Å²) in [4.78, 5) is 18.4. The van der Waals surface area contributed by atoms with Gasteiger partial charge in [0.15, 0.2) is 5.96 Å². The van der Waals surface area contributed by atoms with E-state index < -0.39 is 0 Å². The minimum absolute atomic E-state index is 0.144. The number of benzene rings is 1. The lowest BCUT2D eigenvalue weighted by Gasteiger charge is -2.22. The van der Waals surface area contributed by atoms with Crippen LogP contribution in [0.4, 0.5) is 0 Å². The number of carbonyl (C=O) groups is 1. The lowest BCUT2D eigenvalue weighted by atomic mass is 10.2. The Morgan fingerprint density at radius 3 is 2.88 bits per heavy atom. The summed E-state index contributed by atoms with van der Waals surface area (Å²) in [6.07, 6.45) is 3.56. The number of nitrogens with zero attached hydrogens (tertiary/aromatic N) is 2. The van der Waals surface area contributed by atoms with Crippen LogP contribution in [-0.2, 0) is 11.3 Å². The van der Waals surface area contributed by atoms with Gasteiger partial charge in [-0.1, -0.05) is 23.7 Å². The number of hydrogen-bond acceptors (Lipinski definition) is 2. The van der Waals surface area contributed by atoms with Gasteiger partial charge in [0.2, 0.25) is 5.91 Å². The van der Waals surface area contributed by atoms with E-state index in [1.165, 1.54) is 0 Å². The van der Waals surface area contributed by atoms with Crippen molar-refractivity contribution in [2.75, 3.05) is 20.1 Å². The average Bonchev–Trinajstić information content (AvgIpc) is 3.34. The fraction of sp³-hybridized carbons (Fsp3) is 0.556. The van der Waals surface area contributed by atoms with Crippen molar-refractivity contribution in [2.45, 2.75) is 45.2 Å². The molecule has 0 aromatic heterocycles. The molecule has 1 aromatic carbocycles. The summed E-state index contributed by atoms with van der Waals surface area (Å²) in [5.74, 6) is 0.991. The summed E-state index contributed by atoms with van der Waals surface area (Å²) in [6.45, 7) is 4.22. The van der Waals surface area contributed by atoms with E-state index >= 15 is 0 Å². The molecular weight excluding hydrogens is 324 g/mol. The van der Waals surface area contributed by atoms with Crippen molar-refractivity contribution in [3.8, 4) is 0 Å². The molecule has 24 heavy (non-hydrogen) atoms. The van der Waals surface area contributed by atoms with Gasteiger partial charge in [-0.3, -0.25) is 9.79 Å². The van der Waals surface area contributed by atoms with Crippen LogP contribution in [0.5, 0.6) is 0 Å². The van der Waals surface area contributed by atoms with Gasteiger partial charge >= 0.3 is 0 Å². The van der Waals surface area contributed by atoms with Crippen LogP contribution in [0.15, 0.2) is 29.3 Å². The molecule has 5 nitrogen and oxygen atoms in total. The van der Waals surface area contributed by atoms with Crippen LogP contribution in [0.3, 0.4) is 0 Å². The zero-order valence-electron chi connectivity index (χ0n) is 14.5. The third-order valence-electron chi connectivity index (χ3n) is 3.77. The Morgan fingerprint density at radius 2 is 2.21 bits per heavy atom. The molecule has 2 rings (SSSR count). The van der Waals surface area contributed by atoms with E-state index in [2.05, 4.69) is 20.5 Å². The molecule has 132 valence electrons. The van der Waals surface area contributed by atoms with E-state index in [0.717, 1.165) is 48.9 Å². The zero-order valence-corrected chi connectivity index (χ0v) is 15.3. The summed E-state index contributed by atoms with van der Waals surface area (Å²) in [7, 11) is 2.00. The van der Waals surface area contributed by atoms with Crippen molar-refractivity contribution in [3.05, 3.63) is 34.9 Å². The van der Waals surface area contributed by atoms with Crippen LogP contribution < -0.4 is 10.6 Å². The Balaban J connectivity index is 1.80. The van der Waals surface area contributed by atoms with Crippen molar-refractivity contribution in [1.82, 2.24) is 15.5 Å². The Hall–Kier alpha value is -1.75. The third-order valence-corrected chi connectivity index (χ3v) is 4.01. The van der Waals surface area contributed by atoms with Crippen LogP contribution in [0.2, 0.25) is 5.02 Å². The monoisotopic (exact) mass is 350 g/mol. The summed E-state index contributed by atoms with van der Waals surface area (Å²) >= 11 is 6.04. The first-order chi connectivity index (χ1) is 11.6. The highest BCUT2D eigenvalue weighted by Crippen LogP contribution is 2.18. The SMILES string of the molecule is CCNC(=NCCCC(=O)NC1CC1)N(C)Cc1cccc(Cl)c1. The van der Waals surface area contributed by atoms with E-state index in [1.807, 2.05) is 38.2 Å². The number of guanidine groups is 1. The molecule has 0 saturated heterocycles. The van der Waals surface area contributed by atoms with E-state index in [4.69, 9.17) is 11.6 Å². The van der Waals surface area contributed by atoms with Crippen molar-refractivity contribution in [2.24, 2.45) is 4.99 Å². The van der Waals surface area contributed by atoms with Gasteiger partial charge < -0.3 is 15.5 Å². The molecule has 1 saturated carbocycles. The molecule has 6 heteroatoms. The minimum Gasteiger partial charge on any atom is -0.357 e. The maximum atomic E-state index is 11.7. The Kier molecular flexibility index (Phi) is 7.37. The largest absolute Gasteiger partial charge is 0.357 e. The summed E-state index contributed by atoms with van der Waals surface area (Å²) < 4.78 is 0. The van der Waals surface area contributed by atoms with Gasteiger partial charge in [0.1, 0.15) is 0 Å². The topological polar surface area (TPSA) is 56.7 Å². The Morgan fingerprint density at radius 1 is 1.42 bits per heavy atom. The second-order valence-electron chi connectivity index (χ2n) is 6.17. The first kappa shape index (κ1) is 18.6. The van der Waals surface area contributed by atoms with E-state index in [0.29, 0.717) is 19.0 Å². The molecule has 1 amide bonds. The van der Waals surface area contributed by atoms with Crippen LogP contribution in [0.1, 0.15) is 38.2 Å². The lowest BCUT2D eigenvalue weighted by Crippen LogP contribution is -2.38. The predicted octanol–water partition coefficient (Wildman–Crippen LogP) is 2.80. The highest BCUT2D eigenvalue weighted by Gasteiger charge is 2.22. The Labute approximate surface area is 149 Å². The number of amides is 1. The molecule has 0 radical (unpaired) electrons. The van der Waals surface area contributed by atoms with Gasteiger partial charge in [-0.05, 0) is 43.9 Å². The molecule has 0 bridgehead atoms. The Bertz CT molecular complexity index is 572. The summed E-state index contributed by atoms with van der Waals surface area (Å²) in [5, 5.41) is 7.03. The zero-order chi connectivity index (χ0) is 17.4. The molecule has 0 heterocycles. The van der Waals surface area contributed by atoms with Gasteiger partial charge in [0.05, 0.1) is 0 Å². The molecule has 0 unspecified atom stereocenters. The molecule has 1 aliphatic carbocycles. The van der Waals surface area contributed by atoms with Gasteiger partial charge in [0.25, 0.3) is 0 Å². The van der Waals surface area contributed by atoms with Gasteiger partial charge in [-0.2, -0.15) is 0 Å². The molecule has 0 aliphatic heterocycles. The minimum atomic E-state index is 0.144. The van der Waals surface area contributed by atoms with Crippen LogP contribution in [0.25, 0.3) is 0 Å². The molecule has 1 fully saturated rings. The van der Waals surface area contributed by atoms with Crippen LogP contribution >= 0.6 is 11.6 Å². The molecule has 0 spiro atoms. The highest BCUT2D eigenvalue weighted by molar-refractivity contribution is 6.30. The third kappa shape index (κ3) is 6.79. The molecular formula is C18H27ClN4O. The fourth-order valence-electron chi connectivity index (χ4n) is 2.41. The number of halogens is 1. The van der Waals surface area contributed by atoms with E-state index in [9.17, 15) is 4.79 Å². The standard InChI is InChI=1S/C18H27ClN4O/c1-3-20-18(21-11-5-8-17(24)22-16-9-10-16)23(2)13-14-6-4-7-15(19)12-14/h4,6-7,12,16H,3,5,8-11,13H2,1-2H3,(H,20,21)(H,22,24). The van der Waals surface area contributed by atoms with Gasteiger partial charge in [-0.25, -0.2) is 0 Å². The second kappa shape index (κ2) is 9.52. The van der Waals surface area contributed by atoms with Gasteiger partial charge in [-0.15, -0.1) is 0 Å². The average molecular weight is 351 g/mol. The van der Waals surface area contributed by atoms with Crippen molar-refractivity contribution >= 4 is 23.5 Å². The highest BCUT2D eigenvalue weighted by atomic mass is 35.5. The maximum absolute atomic E-state index is 11.7. The van der Waals surface area contributed by atoms with E-state index in [1.54, 1.807) is 0 Å². The molecule has 0 atom stereocenters. The summed E-state index contributed by atoms with van der Waals surface area (Å²) in [5.41, 5.74) is 1.14. The number of hydrogen-bond donors (Lipinski definition) is 2. The molecule has 1 aliphatic rings. The van der Waals surface area contributed by atoms with Crippen molar-refractivity contribution in [3.63, 3.8) is 0 Å². The second-order valence-corrected chi connectivity index (χ2v) is 6.60. The number of aliphatic imine (C=N–C) groups is 1. The van der Waals surface area contributed by atoms with Gasteiger partial charge in [0, 0.05) is 44.2 Å². The summed E-state index contributed by atoms with van der Waals surface area (Å²) in [6, 6.07) is 8.27. The number of carbonyl (C=O) groups excluding carboxylic acids is 1. The van der Waals surface area contributed by atoms with Crippen molar-refractivity contribution < 1.29 is 4.79 Å². The lowest BCUT2D eigenvalue weighted by molar-refractivity contribution is -0.121. The molecule has 2 N–H and O–H groups in total. The molecule has 1 aromatic rings. The normalized spacial score (nSPS) is 14.4. The predicted molar refractivity (Wildman–Crippen MR) is 99.3 cm³/mol. The van der Waals surface area contributed by atoms with Crippen LogP contribution in [-0.4, -0.2) is 42.9 Å². The maximum Gasteiger partial charge on any atom is 0.220 e. The fourth-order valence-corrected chi connectivity index (χ4v) is 2.62. The van der Waals surface area contributed by atoms with E-state index in [-0.39, 0.29) is 5.91 Å². The first-order valence-electron chi connectivity index (χ1n) is 8.61. The van der Waals surface area contributed by atoms with Crippen molar-refractivity contribution in [1.29, 1.82) is 0 Å². The number of nitrogens with one attached hydrogen (secondary N) is 2. The van der Waals surface area contributed by atoms with Crippen LogP contribution in [0, 0.1) is 0 Å². The quantitative estimate of drug-likeness (QED) is 0.430.